The zero-order valence-corrected chi connectivity index (χ0v) is 46.9. The van der Waals surface area contributed by atoms with Crippen molar-refractivity contribution in [3.05, 3.63) is 141 Å². The minimum Gasteiger partial charge on any atom is -0.657 e. The summed E-state index contributed by atoms with van der Waals surface area (Å²) in [5, 5.41) is 0. The molecule has 2 aliphatic heterocycles. The summed E-state index contributed by atoms with van der Waals surface area (Å²) in [5.74, 6) is 0. The van der Waals surface area contributed by atoms with Gasteiger partial charge < -0.3 is 9.97 Å². The van der Waals surface area contributed by atoms with Crippen LogP contribution in [0.1, 0.15) is 181 Å². The minimum atomic E-state index is -0.0863. The Morgan fingerprint density at radius 2 is 0.597 bits per heavy atom. The van der Waals surface area contributed by atoms with E-state index in [-0.39, 0.29) is 52.0 Å². The molecular formula is C62H72N4Zn. The van der Waals surface area contributed by atoms with Gasteiger partial charge in [0, 0.05) is 0 Å². The Bertz CT molecular complexity index is 2950. The Balaban J connectivity index is 0.00000666. The molecule has 2 aliphatic rings. The second kappa shape index (κ2) is 17.1. The molecule has 0 saturated carbocycles. The van der Waals surface area contributed by atoms with Crippen LogP contribution in [0.25, 0.3) is 79.8 Å². The van der Waals surface area contributed by atoms with Crippen molar-refractivity contribution in [3.8, 4) is 33.4 Å². The van der Waals surface area contributed by atoms with Gasteiger partial charge in [0.25, 0.3) is 0 Å². The molecule has 8 bridgehead atoms. The van der Waals surface area contributed by atoms with Crippen LogP contribution in [0.5, 0.6) is 0 Å². The summed E-state index contributed by atoms with van der Waals surface area (Å²) in [4.78, 5) is 22.1. The molecule has 0 fully saturated rings. The fraction of sp³-hybridized carbons (Fsp3) is 0.387. The van der Waals surface area contributed by atoms with E-state index in [0.717, 1.165) is 78.2 Å². The Morgan fingerprint density at radius 1 is 0.313 bits per heavy atom. The number of benzene rings is 3. The number of fused-ring (bicyclic) bond motifs is 8. The topological polar surface area (TPSA) is 54.0 Å². The van der Waals surface area contributed by atoms with Crippen LogP contribution >= 0.6 is 0 Å². The van der Waals surface area contributed by atoms with Crippen LogP contribution in [0.2, 0.25) is 0 Å². The maximum atomic E-state index is 5.67. The molecule has 0 aliphatic carbocycles. The molecule has 5 heteroatoms. The number of aromatic nitrogens is 4. The van der Waals surface area contributed by atoms with Gasteiger partial charge >= 0.3 is 19.5 Å². The van der Waals surface area contributed by atoms with Crippen LogP contribution in [-0.4, -0.2) is 9.97 Å². The summed E-state index contributed by atoms with van der Waals surface area (Å²) < 4.78 is 0. The van der Waals surface area contributed by atoms with E-state index in [1.807, 2.05) is 0 Å². The zero-order chi connectivity index (χ0) is 48.1. The average molecular weight is 939 g/mol. The van der Waals surface area contributed by atoms with Crippen LogP contribution in [0, 0.1) is 0 Å². The summed E-state index contributed by atoms with van der Waals surface area (Å²) in [6.45, 7) is 41.4. The second-order valence-corrected chi connectivity index (χ2v) is 25.1. The predicted octanol–water partition coefficient (Wildman–Crippen LogP) is 16.7. The van der Waals surface area contributed by atoms with E-state index in [9.17, 15) is 0 Å². The van der Waals surface area contributed by atoms with Gasteiger partial charge in [-0.3, -0.25) is 0 Å². The third-order valence-electron chi connectivity index (χ3n) is 13.3. The first kappa shape index (κ1) is 49.8. The Morgan fingerprint density at radius 3 is 0.925 bits per heavy atom. The van der Waals surface area contributed by atoms with Crippen molar-refractivity contribution in [1.82, 2.24) is 19.9 Å². The standard InChI is InChI=1S/C62H72N4.Zn/c1-57(2,3)40-27-37(28-41(33-40)58(4,5)6)54-48-21-19-46(63-48)36-47-20-22-49(64-47)55(38-29-42(59(7,8)9)34-43(30-38)60(10,11)12)51-24-26-53(66-51)56(52-25-23-50(54)65-52)39-31-44(61(13,14)15)35-45(32-39)62(16,17)18;/h19-36H,1-18H3;/q-2;+2. The molecule has 0 atom stereocenters. The number of hydrogen-bond donors (Lipinski definition) is 0. The van der Waals surface area contributed by atoms with Crippen molar-refractivity contribution >= 4 is 46.4 Å². The number of nitrogens with zero attached hydrogens (tertiary/aromatic N) is 4. The molecule has 0 unspecified atom stereocenters. The van der Waals surface area contributed by atoms with Gasteiger partial charge in [-0.25, -0.2) is 9.97 Å². The Labute approximate surface area is 415 Å². The molecule has 0 amide bonds. The average Bonchev–Trinajstić information content (AvgIpc) is 4.03. The predicted molar refractivity (Wildman–Crippen MR) is 285 cm³/mol. The van der Waals surface area contributed by atoms with E-state index >= 15 is 0 Å². The van der Waals surface area contributed by atoms with Gasteiger partial charge in [0.05, 0.1) is 22.8 Å². The second-order valence-electron chi connectivity index (χ2n) is 25.1. The molecule has 3 aromatic heterocycles. The van der Waals surface area contributed by atoms with Crippen LogP contribution in [0.15, 0.2) is 84.9 Å². The van der Waals surface area contributed by atoms with Crippen molar-refractivity contribution in [2.24, 2.45) is 0 Å². The van der Waals surface area contributed by atoms with E-state index in [4.69, 9.17) is 19.9 Å². The molecule has 6 aromatic rings. The molecule has 5 heterocycles. The number of hydrogen-bond acceptors (Lipinski definition) is 2. The van der Waals surface area contributed by atoms with E-state index in [1.54, 1.807) is 0 Å². The smallest absolute Gasteiger partial charge is 0.657 e. The third kappa shape index (κ3) is 10.3. The summed E-state index contributed by atoms with van der Waals surface area (Å²) in [5.41, 5.74) is 20.6. The summed E-state index contributed by atoms with van der Waals surface area (Å²) in [6.07, 6.45) is 8.66. The minimum absolute atomic E-state index is 0. The molecule has 3 aromatic carbocycles. The Kier molecular flexibility index (Phi) is 12.7. The summed E-state index contributed by atoms with van der Waals surface area (Å²) >= 11 is 0. The van der Waals surface area contributed by atoms with E-state index in [0.29, 0.717) is 0 Å². The van der Waals surface area contributed by atoms with Gasteiger partial charge in [-0.15, -0.1) is 22.1 Å². The van der Waals surface area contributed by atoms with Crippen molar-refractivity contribution in [2.45, 2.75) is 157 Å². The van der Waals surface area contributed by atoms with Crippen LogP contribution in [-0.2, 0) is 52.0 Å². The van der Waals surface area contributed by atoms with Gasteiger partial charge in [0.1, 0.15) is 0 Å². The van der Waals surface area contributed by atoms with Crippen molar-refractivity contribution in [3.63, 3.8) is 0 Å². The SMILES string of the molecule is CC(C)(C)c1cc(-c2c3nc(c(-c4cc(C(C)(C)C)cc(C(C)(C)C)c4)c4ccc([n-]4)c(-c4cc(C(C)(C)C)cc(C(C)(C)C)c4)c4nc(cc5ccc2[n-]5)C=C4)C=C3)cc(C(C)(C)C)c1.[Zn+2]. The molecule has 0 spiro atoms. The monoisotopic (exact) mass is 937 g/mol. The molecule has 0 radical (unpaired) electrons. The van der Waals surface area contributed by atoms with Crippen molar-refractivity contribution in [2.75, 3.05) is 0 Å². The van der Waals surface area contributed by atoms with Crippen molar-refractivity contribution < 1.29 is 19.5 Å². The van der Waals surface area contributed by atoms with Gasteiger partial charge in [0.15, 0.2) is 0 Å². The molecule has 0 saturated heterocycles. The largest absolute Gasteiger partial charge is 2.00 e. The summed E-state index contributed by atoms with van der Waals surface area (Å²) in [6, 6.07) is 32.1. The van der Waals surface area contributed by atoms with Crippen LogP contribution in [0.4, 0.5) is 0 Å². The van der Waals surface area contributed by atoms with Crippen LogP contribution < -0.4 is 9.97 Å². The van der Waals surface area contributed by atoms with E-state index in [2.05, 4.69) is 234 Å². The molecule has 8 rings (SSSR count). The molecule has 0 N–H and O–H groups in total. The number of rotatable bonds is 3. The van der Waals surface area contributed by atoms with Crippen molar-refractivity contribution in [1.29, 1.82) is 0 Å². The fourth-order valence-electron chi connectivity index (χ4n) is 8.82. The van der Waals surface area contributed by atoms with E-state index < -0.39 is 0 Å². The van der Waals surface area contributed by atoms with Gasteiger partial charge in [-0.2, -0.15) is 0 Å². The van der Waals surface area contributed by atoms with Gasteiger partial charge in [-0.1, -0.05) is 210 Å². The molecule has 67 heavy (non-hydrogen) atoms. The third-order valence-corrected chi connectivity index (χ3v) is 13.3. The summed E-state index contributed by atoms with van der Waals surface area (Å²) in [7, 11) is 0. The molecule has 4 nitrogen and oxygen atoms in total. The Hall–Kier alpha value is -5.12. The van der Waals surface area contributed by atoms with E-state index in [1.165, 1.54) is 33.4 Å². The van der Waals surface area contributed by atoms with Gasteiger partial charge in [-0.05, 0) is 124 Å². The first-order valence-corrected chi connectivity index (χ1v) is 24.0. The van der Waals surface area contributed by atoms with Crippen LogP contribution in [0.3, 0.4) is 0 Å². The first-order valence-electron chi connectivity index (χ1n) is 24.0. The normalized spacial score (nSPS) is 13.6. The first-order chi connectivity index (χ1) is 30.4. The molecule has 342 valence electrons. The fourth-order valence-corrected chi connectivity index (χ4v) is 8.82. The maximum absolute atomic E-state index is 5.67. The quantitative estimate of drug-likeness (QED) is 0.166. The maximum Gasteiger partial charge on any atom is 2.00 e. The van der Waals surface area contributed by atoms with Gasteiger partial charge in [0.2, 0.25) is 0 Å². The zero-order valence-electron chi connectivity index (χ0n) is 43.9. The molecular weight excluding hydrogens is 866 g/mol.